The number of likely N-dealkylation sites (N-methyl/N-ethyl adjacent to an activating group) is 1. The van der Waals surface area contributed by atoms with Gasteiger partial charge in [-0.1, -0.05) is 0 Å². The summed E-state index contributed by atoms with van der Waals surface area (Å²) in [6, 6.07) is 0.157. The number of hydrogen-bond acceptors (Lipinski definition) is 4. The minimum atomic E-state index is -3.04. The number of nitrogens with two attached hydrogens (primary N) is 1. The van der Waals surface area contributed by atoms with Gasteiger partial charge in [0, 0.05) is 32.2 Å². The highest BCUT2D eigenvalue weighted by atomic mass is 32.2. The van der Waals surface area contributed by atoms with Crippen molar-refractivity contribution in [3.63, 3.8) is 0 Å². The van der Waals surface area contributed by atoms with Crippen LogP contribution in [0.5, 0.6) is 0 Å². The van der Waals surface area contributed by atoms with Gasteiger partial charge in [-0.3, -0.25) is 4.90 Å². The first-order valence-electron chi connectivity index (χ1n) is 4.89. The second-order valence-electron chi connectivity index (χ2n) is 3.63. The third-order valence-corrected chi connectivity index (χ3v) is 4.62. The third-order valence-electron chi connectivity index (χ3n) is 2.77. The van der Waals surface area contributed by atoms with Crippen LogP contribution in [0.2, 0.25) is 0 Å². The molecule has 84 valence electrons. The van der Waals surface area contributed by atoms with Gasteiger partial charge in [-0.25, -0.2) is 8.42 Å². The SMILES string of the molecule is CCS(=O)(=O)N1CCN(C)C(CN)C1. The molecule has 0 bridgehead atoms. The number of rotatable bonds is 3. The van der Waals surface area contributed by atoms with Gasteiger partial charge in [0.1, 0.15) is 0 Å². The molecule has 0 spiro atoms. The number of hydrogen-bond donors (Lipinski definition) is 1. The van der Waals surface area contributed by atoms with Crippen molar-refractivity contribution in [3.8, 4) is 0 Å². The maximum Gasteiger partial charge on any atom is 0.213 e. The molecule has 5 nitrogen and oxygen atoms in total. The lowest BCUT2D eigenvalue weighted by molar-refractivity contribution is 0.152. The Morgan fingerprint density at radius 1 is 1.43 bits per heavy atom. The fourth-order valence-corrected chi connectivity index (χ4v) is 2.73. The van der Waals surface area contributed by atoms with Gasteiger partial charge in [0.2, 0.25) is 10.0 Å². The first-order chi connectivity index (χ1) is 6.51. The van der Waals surface area contributed by atoms with Gasteiger partial charge in [-0.05, 0) is 14.0 Å². The van der Waals surface area contributed by atoms with Gasteiger partial charge in [-0.2, -0.15) is 4.31 Å². The average Bonchev–Trinajstić information content (AvgIpc) is 2.18. The molecular formula is C8H19N3O2S. The Labute approximate surface area is 85.9 Å². The summed E-state index contributed by atoms with van der Waals surface area (Å²) in [6.07, 6.45) is 0. The summed E-state index contributed by atoms with van der Waals surface area (Å²) in [7, 11) is -1.06. The smallest absolute Gasteiger partial charge is 0.213 e. The van der Waals surface area contributed by atoms with Crippen LogP contribution in [-0.2, 0) is 10.0 Å². The first kappa shape index (κ1) is 11.9. The molecule has 1 atom stereocenters. The molecule has 1 fully saturated rings. The fraction of sp³-hybridized carbons (Fsp3) is 1.00. The maximum absolute atomic E-state index is 11.6. The molecule has 0 aromatic heterocycles. The first-order valence-corrected chi connectivity index (χ1v) is 6.50. The van der Waals surface area contributed by atoms with E-state index in [1.165, 1.54) is 0 Å². The van der Waals surface area contributed by atoms with Crippen molar-refractivity contribution in [2.45, 2.75) is 13.0 Å². The number of piperazine rings is 1. The zero-order chi connectivity index (χ0) is 10.8. The minimum absolute atomic E-state index is 0.157. The summed E-state index contributed by atoms with van der Waals surface area (Å²) in [6.45, 7) is 4.06. The van der Waals surface area contributed by atoms with Crippen LogP contribution < -0.4 is 5.73 Å². The summed E-state index contributed by atoms with van der Waals surface area (Å²) >= 11 is 0. The lowest BCUT2D eigenvalue weighted by Crippen LogP contribution is -2.55. The predicted molar refractivity (Wildman–Crippen MR) is 56.5 cm³/mol. The lowest BCUT2D eigenvalue weighted by atomic mass is 10.2. The second-order valence-corrected chi connectivity index (χ2v) is 5.89. The summed E-state index contributed by atoms with van der Waals surface area (Å²) in [4.78, 5) is 2.11. The maximum atomic E-state index is 11.6. The molecule has 0 aromatic carbocycles. The number of sulfonamides is 1. The Morgan fingerprint density at radius 2 is 2.07 bits per heavy atom. The molecule has 6 heteroatoms. The second kappa shape index (κ2) is 4.57. The summed E-state index contributed by atoms with van der Waals surface area (Å²) in [5.41, 5.74) is 5.58. The van der Waals surface area contributed by atoms with Crippen LogP contribution >= 0.6 is 0 Å². The molecule has 1 saturated heterocycles. The zero-order valence-electron chi connectivity index (χ0n) is 8.81. The van der Waals surface area contributed by atoms with Gasteiger partial charge < -0.3 is 5.73 Å². The van der Waals surface area contributed by atoms with Crippen molar-refractivity contribution >= 4 is 10.0 Å². The largest absolute Gasteiger partial charge is 0.329 e. The molecule has 0 aliphatic carbocycles. The molecule has 2 N–H and O–H groups in total. The Bertz CT molecular complexity index is 278. The fourth-order valence-electron chi connectivity index (χ4n) is 1.61. The van der Waals surface area contributed by atoms with Crippen molar-refractivity contribution in [1.29, 1.82) is 0 Å². The molecule has 1 heterocycles. The van der Waals surface area contributed by atoms with Gasteiger partial charge in [-0.15, -0.1) is 0 Å². The molecule has 1 unspecified atom stereocenters. The molecule has 1 aliphatic heterocycles. The quantitative estimate of drug-likeness (QED) is 0.658. The van der Waals surface area contributed by atoms with Crippen LogP contribution in [0.4, 0.5) is 0 Å². The topological polar surface area (TPSA) is 66.6 Å². The zero-order valence-corrected chi connectivity index (χ0v) is 9.63. The van der Waals surface area contributed by atoms with E-state index in [0.717, 1.165) is 6.54 Å². The van der Waals surface area contributed by atoms with E-state index in [-0.39, 0.29) is 11.8 Å². The molecule has 1 rings (SSSR count). The molecule has 0 radical (unpaired) electrons. The van der Waals surface area contributed by atoms with Crippen LogP contribution in [0.1, 0.15) is 6.92 Å². The van der Waals surface area contributed by atoms with Crippen molar-refractivity contribution in [1.82, 2.24) is 9.21 Å². The van der Waals surface area contributed by atoms with Crippen molar-refractivity contribution in [3.05, 3.63) is 0 Å². The molecule has 1 aliphatic rings. The van der Waals surface area contributed by atoms with Gasteiger partial charge in [0.05, 0.1) is 5.75 Å². The van der Waals surface area contributed by atoms with E-state index >= 15 is 0 Å². The Kier molecular flexibility index (Phi) is 3.88. The highest BCUT2D eigenvalue weighted by Gasteiger charge is 2.29. The van der Waals surface area contributed by atoms with Crippen molar-refractivity contribution < 1.29 is 8.42 Å². The van der Waals surface area contributed by atoms with E-state index in [1.54, 1.807) is 11.2 Å². The highest BCUT2D eigenvalue weighted by molar-refractivity contribution is 7.89. The van der Waals surface area contributed by atoms with Crippen LogP contribution in [0.3, 0.4) is 0 Å². The molecule has 0 amide bonds. The number of nitrogens with zero attached hydrogens (tertiary/aromatic N) is 2. The predicted octanol–water partition coefficient (Wildman–Crippen LogP) is -1.09. The molecule has 0 aromatic rings. The van der Waals surface area contributed by atoms with Crippen molar-refractivity contribution in [2.24, 2.45) is 5.73 Å². The molecular weight excluding hydrogens is 202 g/mol. The van der Waals surface area contributed by atoms with Crippen LogP contribution in [0.15, 0.2) is 0 Å². The van der Waals surface area contributed by atoms with Crippen LogP contribution in [-0.4, -0.2) is 62.6 Å². The van der Waals surface area contributed by atoms with Gasteiger partial charge in [0.25, 0.3) is 0 Å². The van der Waals surface area contributed by atoms with E-state index in [1.807, 2.05) is 7.05 Å². The Hall–Kier alpha value is -0.170. The normalized spacial score (nSPS) is 26.6. The van der Waals surface area contributed by atoms with Gasteiger partial charge in [0.15, 0.2) is 0 Å². The third kappa shape index (κ3) is 2.44. The standard InChI is InChI=1S/C8H19N3O2S/c1-3-14(12,13)11-5-4-10(2)8(6-9)7-11/h8H,3-7,9H2,1-2H3. The van der Waals surface area contributed by atoms with E-state index in [2.05, 4.69) is 4.90 Å². The lowest BCUT2D eigenvalue weighted by Gasteiger charge is -2.37. The van der Waals surface area contributed by atoms with Crippen molar-refractivity contribution in [2.75, 3.05) is 39.0 Å². The van der Waals surface area contributed by atoms with Crippen LogP contribution in [0, 0.1) is 0 Å². The molecule has 14 heavy (non-hydrogen) atoms. The minimum Gasteiger partial charge on any atom is -0.329 e. The van der Waals surface area contributed by atoms with Crippen LogP contribution in [0.25, 0.3) is 0 Å². The molecule has 0 saturated carbocycles. The van der Waals surface area contributed by atoms with E-state index in [0.29, 0.717) is 19.6 Å². The Balaban J connectivity index is 2.68. The highest BCUT2D eigenvalue weighted by Crippen LogP contribution is 2.11. The Morgan fingerprint density at radius 3 is 2.57 bits per heavy atom. The summed E-state index contributed by atoms with van der Waals surface area (Å²) in [5, 5.41) is 0. The summed E-state index contributed by atoms with van der Waals surface area (Å²) < 4.78 is 24.7. The average molecular weight is 221 g/mol. The summed E-state index contributed by atoms with van der Waals surface area (Å²) in [5.74, 6) is 0.175. The van der Waals surface area contributed by atoms with Gasteiger partial charge >= 0.3 is 0 Å². The van der Waals surface area contributed by atoms with E-state index < -0.39 is 10.0 Å². The van der Waals surface area contributed by atoms with E-state index in [4.69, 9.17) is 5.73 Å². The monoisotopic (exact) mass is 221 g/mol. The van der Waals surface area contributed by atoms with E-state index in [9.17, 15) is 8.42 Å².